The molecule has 0 saturated carbocycles. The molecule has 0 aromatic heterocycles. The molecule has 4 amide bonds. The Bertz CT molecular complexity index is 1680. The van der Waals surface area contributed by atoms with Crippen LogP contribution in [0.3, 0.4) is 0 Å². The highest BCUT2D eigenvalue weighted by molar-refractivity contribution is 6.02. The topological polar surface area (TPSA) is 171 Å². The molecule has 304 valence electrons. The van der Waals surface area contributed by atoms with Gasteiger partial charge in [-0.25, -0.2) is 4.79 Å². The van der Waals surface area contributed by atoms with Crippen molar-refractivity contribution in [3.8, 4) is 0 Å². The second-order valence-electron chi connectivity index (χ2n) is 15.6. The monoisotopic (exact) mass is 774 g/mol. The number of likely N-dealkylation sites (tertiary alicyclic amines) is 1. The van der Waals surface area contributed by atoms with Gasteiger partial charge in [-0.3, -0.25) is 24.1 Å². The number of benzene rings is 2. The number of rotatable bonds is 19. The van der Waals surface area contributed by atoms with Crippen LogP contribution < -0.4 is 16.0 Å². The predicted octanol–water partition coefficient (Wildman–Crippen LogP) is 2.78. The lowest BCUT2D eigenvalue weighted by Gasteiger charge is -2.33. The Balaban J connectivity index is 1.35. The van der Waals surface area contributed by atoms with Crippen molar-refractivity contribution in [2.45, 2.75) is 109 Å². The molecule has 5 rings (SSSR count). The van der Waals surface area contributed by atoms with Crippen LogP contribution in [0.4, 0.5) is 0 Å². The van der Waals surface area contributed by atoms with E-state index in [4.69, 9.17) is 14.3 Å². The van der Waals surface area contributed by atoms with E-state index in [0.717, 1.165) is 11.1 Å². The van der Waals surface area contributed by atoms with Gasteiger partial charge in [-0.1, -0.05) is 86.6 Å². The van der Waals surface area contributed by atoms with Crippen molar-refractivity contribution in [1.82, 2.24) is 25.8 Å². The lowest BCUT2D eigenvalue weighted by Crippen LogP contribution is -2.57. The van der Waals surface area contributed by atoms with Gasteiger partial charge in [0.05, 0.1) is 32.4 Å². The maximum Gasteiger partial charge on any atom is 0.334 e. The zero-order valence-electron chi connectivity index (χ0n) is 33.3. The molecule has 0 bridgehead atoms. The van der Waals surface area contributed by atoms with E-state index in [0.29, 0.717) is 57.9 Å². The first kappa shape index (κ1) is 42.5. The maximum atomic E-state index is 14.6. The quantitative estimate of drug-likeness (QED) is 0.0841. The number of ether oxygens (including phenoxy) is 2. The van der Waals surface area contributed by atoms with Crippen LogP contribution >= 0.6 is 0 Å². The molecule has 14 heteroatoms. The van der Waals surface area contributed by atoms with Crippen molar-refractivity contribution < 1.29 is 38.3 Å². The largest absolute Gasteiger partial charge is 0.379 e. The highest BCUT2D eigenvalue weighted by atomic mass is 16.7. The van der Waals surface area contributed by atoms with Crippen molar-refractivity contribution in [2.75, 3.05) is 39.5 Å². The van der Waals surface area contributed by atoms with Crippen molar-refractivity contribution in [1.29, 1.82) is 0 Å². The van der Waals surface area contributed by atoms with E-state index < -0.39 is 53.6 Å². The van der Waals surface area contributed by atoms with Crippen LogP contribution in [-0.2, 0) is 51.1 Å². The van der Waals surface area contributed by atoms with Gasteiger partial charge in [-0.2, -0.15) is 0 Å². The van der Waals surface area contributed by atoms with E-state index in [1.165, 1.54) is 0 Å². The van der Waals surface area contributed by atoms with Crippen molar-refractivity contribution in [3.05, 3.63) is 71.8 Å². The van der Waals surface area contributed by atoms with Crippen LogP contribution in [-0.4, -0.2) is 120 Å². The number of carbonyl (C=O) groups is 5. The number of morpholine rings is 1. The first-order valence-electron chi connectivity index (χ1n) is 19.9. The Morgan fingerprint density at radius 2 is 1.59 bits per heavy atom. The summed E-state index contributed by atoms with van der Waals surface area (Å²) in [6, 6.07) is 15.4. The zero-order chi connectivity index (χ0) is 40.2. The van der Waals surface area contributed by atoms with Crippen LogP contribution in [0.2, 0.25) is 0 Å². The summed E-state index contributed by atoms with van der Waals surface area (Å²) < 4.78 is 11.1. The van der Waals surface area contributed by atoms with Gasteiger partial charge < -0.3 is 35.2 Å². The van der Waals surface area contributed by atoms with Gasteiger partial charge in [0.2, 0.25) is 23.6 Å². The normalized spacial score (nSPS) is 22.9. The van der Waals surface area contributed by atoms with Gasteiger partial charge >= 0.3 is 5.97 Å². The number of nitrogens with zero attached hydrogens (tertiary/aromatic N) is 3. The van der Waals surface area contributed by atoms with E-state index in [1.807, 2.05) is 93.3 Å². The molecular weight excluding hydrogens is 716 g/mol. The van der Waals surface area contributed by atoms with Crippen molar-refractivity contribution in [3.63, 3.8) is 0 Å². The first-order chi connectivity index (χ1) is 26.9. The molecule has 14 nitrogen and oxygen atoms in total. The summed E-state index contributed by atoms with van der Waals surface area (Å²) in [5.74, 6) is -1.90. The third-order valence-electron chi connectivity index (χ3n) is 10.5. The second kappa shape index (κ2) is 20.0. The molecule has 6 atom stereocenters. The van der Waals surface area contributed by atoms with Crippen LogP contribution in [0.1, 0.15) is 71.4 Å². The minimum Gasteiger partial charge on any atom is -0.379 e. The highest BCUT2D eigenvalue weighted by Gasteiger charge is 2.50. The van der Waals surface area contributed by atoms with Gasteiger partial charge in [0, 0.05) is 32.0 Å². The molecule has 3 heterocycles. The number of hydrogen-bond acceptors (Lipinski definition) is 10. The summed E-state index contributed by atoms with van der Waals surface area (Å²) in [5.41, 5.74) is 1.47. The van der Waals surface area contributed by atoms with E-state index in [-0.39, 0.29) is 43.5 Å². The molecule has 0 spiro atoms. The fraction of sp³-hybridized carbons (Fsp3) is 0.571. The molecule has 3 aliphatic rings. The predicted molar refractivity (Wildman–Crippen MR) is 210 cm³/mol. The summed E-state index contributed by atoms with van der Waals surface area (Å²) in [4.78, 5) is 77.0. The second-order valence-corrected chi connectivity index (χ2v) is 15.6. The number of nitrogens with one attached hydrogen (secondary N) is 3. The molecule has 0 radical (unpaired) electrons. The number of hydrogen-bond donors (Lipinski definition) is 3. The highest BCUT2D eigenvalue weighted by Crippen LogP contribution is 2.32. The molecular formula is C42H58N6O8. The van der Waals surface area contributed by atoms with Gasteiger partial charge in [-0.15, -0.1) is 0 Å². The minimum absolute atomic E-state index is 0.124. The number of amides is 4. The Labute approximate surface area is 330 Å². The van der Waals surface area contributed by atoms with Crippen molar-refractivity contribution in [2.24, 2.45) is 11.1 Å². The fourth-order valence-electron chi connectivity index (χ4n) is 7.32. The Kier molecular flexibility index (Phi) is 15.1. The van der Waals surface area contributed by atoms with E-state index in [2.05, 4.69) is 21.1 Å². The minimum atomic E-state index is -0.939. The zero-order valence-corrected chi connectivity index (χ0v) is 33.3. The number of aryl methyl sites for hydroxylation is 1. The average molecular weight is 775 g/mol. The molecule has 56 heavy (non-hydrogen) atoms. The lowest BCUT2D eigenvalue weighted by molar-refractivity contribution is -0.143. The third-order valence-corrected chi connectivity index (χ3v) is 10.5. The summed E-state index contributed by atoms with van der Waals surface area (Å²) in [6.45, 7) is 12.3. The summed E-state index contributed by atoms with van der Waals surface area (Å²) in [7, 11) is 0. The summed E-state index contributed by atoms with van der Waals surface area (Å²) in [5, 5.41) is 13.2. The molecule has 2 aromatic rings. The molecule has 1 unspecified atom stereocenters. The van der Waals surface area contributed by atoms with Crippen LogP contribution in [0.15, 0.2) is 65.8 Å². The molecule has 3 N–H and O–H groups in total. The molecule has 3 fully saturated rings. The fourth-order valence-corrected chi connectivity index (χ4v) is 7.32. The van der Waals surface area contributed by atoms with Gasteiger partial charge in [0.15, 0.2) is 0 Å². The lowest BCUT2D eigenvalue weighted by atomic mass is 9.92. The standard InChI is InChI=1S/C42H58N6O8/c1-6-37(50)56-46-38(42(5)27-55-42)33(23-28(2)3)44-40(52)35(25-31-15-11-8-12-16-31)48-29(4)24-34(41(48)53)45-39(51)32(18-17-30-13-9-7-10-14-30)43-36(49)26-47-19-21-54-22-20-47/h7-16,28-29,32-35H,6,17-27H2,1-5H3,(H,43,49)(H,44,52)(H,45,51)/b46-38-/t29?,32-,33-,34-,35-,42+/m0/s1. The number of epoxide rings is 1. The van der Waals surface area contributed by atoms with Gasteiger partial charge in [0.25, 0.3) is 0 Å². The van der Waals surface area contributed by atoms with E-state index in [9.17, 15) is 24.0 Å². The molecule has 2 aromatic carbocycles. The number of oxime groups is 1. The van der Waals surface area contributed by atoms with E-state index in [1.54, 1.807) is 11.8 Å². The molecule has 3 saturated heterocycles. The average Bonchev–Trinajstić information content (AvgIpc) is 3.87. The Morgan fingerprint density at radius 1 is 0.946 bits per heavy atom. The third kappa shape index (κ3) is 11.9. The van der Waals surface area contributed by atoms with E-state index >= 15 is 0 Å². The number of carbonyl (C=O) groups excluding carboxylic acids is 5. The first-order valence-corrected chi connectivity index (χ1v) is 19.9. The van der Waals surface area contributed by atoms with Crippen molar-refractivity contribution >= 4 is 35.3 Å². The Hall–Kier alpha value is -4.66. The Morgan fingerprint density at radius 3 is 2.20 bits per heavy atom. The SMILES string of the molecule is CCC(=O)O/N=C(/[C@H](CC(C)C)NC(=O)[C@H](Cc1ccccc1)N1C(=O)[C@@H](NC(=O)[C@H](CCc2ccccc2)NC(=O)CN2CCOCC2)CC1C)[C@@]1(C)CO1. The van der Waals surface area contributed by atoms with Gasteiger partial charge in [-0.05, 0) is 56.6 Å². The maximum absolute atomic E-state index is 14.6. The molecule has 0 aliphatic carbocycles. The summed E-state index contributed by atoms with van der Waals surface area (Å²) >= 11 is 0. The smallest absolute Gasteiger partial charge is 0.334 e. The van der Waals surface area contributed by atoms with Crippen LogP contribution in [0.25, 0.3) is 0 Å². The molecule has 3 aliphatic heterocycles. The van der Waals surface area contributed by atoms with Crippen LogP contribution in [0, 0.1) is 5.92 Å². The van der Waals surface area contributed by atoms with Gasteiger partial charge in [0.1, 0.15) is 29.4 Å². The summed E-state index contributed by atoms with van der Waals surface area (Å²) in [6.07, 6.45) is 1.99. The van der Waals surface area contributed by atoms with Crippen LogP contribution in [0.5, 0.6) is 0 Å².